The molecule has 40 heavy (non-hydrogen) atoms. The minimum Gasteiger partial charge on any atom is -0.382 e. The van der Waals surface area contributed by atoms with E-state index in [0.29, 0.717) is 25.7 Å². The molecule has 2 fully saturated rings. The lowest BCUT2D eigenvalue weighted by atomic mass is 9.92. The Morgan fingerprint density at radius 1 is 0.925 bits per heavy atom. The van der Waals surface area contributed by atoms with Crippen molar-refractivity contribution in [2.24, 2.45) is 0 Å². The Labute approximate surface area is 226 Å². The fourth-order valence-electron chi connectivity index (χ4n) is 5.09. The molecular weight excluding hydrogens is 546 g/mol. The zero-order valence-electron chi connectivity index (χ0n) is 21.3. The molecule has 2 aromatic rings. The summed E-state index contributed by atoms with van der Waals surface area (Å²) in [5, 5.41) is 13.9. The average Bonchev–Trinajstić information content (AvgIpc) is 2.91. The largest absolute Gasteiger partial charge is 0.423 e. The van der Waals surface area contributed by atoms with Crippen molar-refractivity contribution in [1.29, 1.82) is 0 Å². The van der Waals surface area contributed by atoms with Crippen LogP contribution in [0.4, 0.5) is 43.4 Å². The van der Waals surface area contributed by atoms with Crippen molar-refractivity contribution in [1.82, 2.24) is 4.90 Å². The third-order valence-corrected chi connectivity index (χ3v) is 7.17. The fraction of sp³-hybridized carbons (Fsp3) is 0.500. The monoisotopic (exact) mass is 574 g/mol. The second kappa shape index (κ2) is 11.9. The van der Waals surface area contributed by atoms with Gasteiger partial charge in [0.2, 0.25) is 5.91 Å². The molecule has 0 atom stereocenters. The van der Waals surface area contributed by atoms with Gasteiger partial charge in [0.05, 0.1) is 16.6 Å². The van der Waals surface area contributed by atoms with E-state index in [9.17, 15) is 41.3 Å². The molecule has 218 valence electrons. The Kier molecular flexibility index (Phi) is 8.76. The first-order valence-corrected chi connectivity index (χ1v) is 12.8. The van der Waals surface area contributed by atoms with E-state index < -0.39 is 34.1 Å². The van der Waals surface area contributed by atoms with Gasteiger partial charge >= 0.3 is 12.4 Å². The van der Waals surface area contributed by atoms with E-state index in [1.807, 2.05) is 0 Å². The van der Waals surface area contributed by atoms with Crippen LogP contribution in [0.15, 0.2) is 42.5 Å². The van der Waals surface area contributed by atoms with Crippen LogP contribution in [-0.4, -0.2) is 60.7 Å². The van der Waals surface area contributed by atoms with Gasteiger partial charge in [-0.05, 0) is 49.9 Å². The number of nitrogens with zero attached hydrogens (tertiary/aromatic N) is 3. The number of alkyl halides is 6. The third-order valence-electron chi connectivity index (χ3n) is 7.17. The zero-order valence-corrected chi connectivity index (χ0v) is 21.3. The molecule has 1 heterocycles. The van der Waals surface area contributed by atoms with Gasteiger partial charge in [0.25, 0.3) is 5.69 Å². The number of piperazine rings is 1. The van der Waals surface area contributed by atoms with Crippen LogP contribution in [0.1, 0.15) is 36.8 Å². The molecule has 14 heteroatoms. The van der Waals surface area contributed by atoms with Crippen LogP contribution in [-0.2, 0) is 21.9 Å². The second-order valence-corrected chi connectivity index (χ2v) is 9.80. The molecule has 0 aromatic heterocycles. The van der Waals surface area contributed by atoms with Gasteiger partial charge in [0.1, 0.15) is 12.2 Å². The number of nitro benzene ring substituents is 1. The molecular formula is C26H28F6N4O4. The standard InChI is InChI=1S/C26H28F6N4O4/c27-25(28,29)20-3-1-2-4-22(20)34-11-13-35(14-12-34)24(37)16-40-19-8-5-17(6-9-19)33-18-7-10-23(36(38)39)21(15-18)26(30,31)32/h1-4,7,10,15,17,19,33H,5-6,8-9,11-14,16H2/t17-,19-. The zero-order chi connectivity index (χ0) is 29.1. The average molecular weight is 575 g/mol. The number of hydrogen-bond donors (Lipinski definition) is 1. The van der Waals surface area contributed by atoms with Gasteiger partial charge in [-0.3, -0.25) is 14.9 Å². The molecule has 1 saturated carbocycles. The highest BCUT2D eigenvalue weighted by atomic mass is 19.4. The summed E-state index contributed by atoms with van der Waals surface area (Å²) in [5.41, 5.74) is -2.81. The Balaban J connectivity index is 1.22. The molecule has 1 saturated heterocycles. The van der Waals surface area contributed by atoms with Crippen LogP contribution in [0.2, 0.25) is 0 Å². The quantitative estimate of drug-likeness (QED) is 0.259. The topological polar surface area (TPSA) is 87.9 Å². The van der Waals surface area contributed by atoms with Crippen LogP contribution in [0.5, 0.6) is 0 Å². The number of hydrogen-bond acceptors (Lipinski definition) is 6. The summed E-state index contributed by atoms with van der Waals surface area (Å²) < 4.78 is 85.5. The number of ether oxygens (including phenoxy) is 1. The molecule has 1 aliphatic heterocycles. The minimum atomic E-state index is -4.86. The molecule has 1 N–H and O–H groups in total. The number of halogens is 6. The maximum absolute atomic E-state index is 13.3. The molecule has 0 spiro atoms. The minimum absolute atomic E-state index is 0.0899. The van der Waals surface area contributed by atoms with Gasteiger partial charge in [-0.2, -0.15) is 26.3 Å². The van der Waals surface area contributed by atoms with Crippen molar-refractivity contribution < 1.29 is 40.8 Å². The van der Waals surface area contributed by atoms with Crippen molar-refractivity contribution in [2.75, 3.05) is 43.0 Å². The number of anilines is 2. The summed E-state index contributed by atoms with van der Waals surface area (Å²) in [4.78, 5) is 25.7. The van der Waals surface area contributed by atoms with Crippen molar-refractivity contribution in [3.05, 3.63) is 63.7 Å². The molecule has 8 nitrogen and oxygen atoms in total. The van der Waals surface area contributed by atoms with Crippen LogP contribution in [0.3, 0.4) is 0 Å². The summed E-state index contributed by atoms with van der Waals surface area (Å²) in [6.45, 7) is 0.877. The Morgan fingerprint density at radius 2 is 1.55 bits per heavy atom. The van der Waals surface area contributed by atoms with Crippen LogP contribution in [0, 0.1) is 10.1 Å². The number of para-hydroxylation sites is 1. The predicted octanol–water partition coefficient (Wildman–Crippen LogP) is 5.72. The summed E-state index contributed by atoms with van der Waals surface area (Å²) in [6, 6.07) is 8.00. The lowest BCUT2D eigenvalue weighted by Gasteiger charge is -2.37. The predicted molar refractivity (Wildman–Crippen MR) is 134 cm³/mol. The van der Waals surface area contributed by atoms with Gasteiger partial charge in [-0.1, -0.05) is 12.1 Å². The highest BCUT2D eigenvalue weighted by molar-refractivity contribution is 5.78. The maximum atomic E-state index is 13.3. The molecule has 1 amide bonds. The lowest BCUT2D eigenvalue weighted by Crippen LogP contribution is -2.50. The van der Waals surface area contributed by atoms with E-state index >= 15 is 0 Å². The fourth-order valence-corrected chi connectivity index (χ4v) is 5.09. The molecule has 0 radical (unpaired) electrons. The molecule has 0 unspecified atom stereocenters. The molecule has 2 aliphatic rings. The summed E-state index contributed by atoms with van der Waals surface area (Å²) in [5.74, 6) is -0.255. The molecule has 4 rings (SSSR count). The van der Waals surface area contributed by atoms with E-state index in [-0.39, 0.29) is 62.2 Å². The highest BCUT2D eigenvalue weighted by Gasteiger charge is 2.39. The number of nitrogens with one attached hydrogen (secondary N) is 1. The molecule has 0 bridgehead atoms. The van der Waals surface area contributed by atoms with Crippen LogP contribution in [0.25, 0.3) is 0 Å². The van der Waals surface area contributed by atoms with E-state index in [4.69, 9.17) is 4.74 Å². The van der Waals surface area contributed by atoms with Gasteiger partial charge in [0.15, 0.2) is 0 Å². The second-order valence-electron chi connectivity index (χ2n) is 9.80. The normalized spacial score (nSPS) is 20.4. The third kappa shape index (κ3) is 7.14. The van der Waals surface area contributed by atoms with Crippen LogP contribution >= 0.6 is 0 Å². The number of rotatable bonds is 7. The number of carbonyl (C=O) groups excluding carboxylic acids is 1. The molecule has 2 aromatic carbocycles. The Hall–Kier alpha value is -3.55. The van der Waals surface area contributed by atoms with Gasteiger partial charge < -0.3 is 19.9 Å². The first kappa shape index (κ1) is 29.4. The van der Waals surface area contributed by atoms with Crippen LogP contribution < -0.4 is 10.2 Å². The number of benzene rings is 2. The summed E-state index contributed by atoms with van der Waals surface area (Å²) >= 11 is 0. The van der Waals surface area contributed by atoms with Crippen molar-refractivity contribution in [3.8, 4) is 0 Å². The summed E-state index contributed by atoms with van der Waals surface area (Å²) in [6.07, 6.45) is -7.30. The smallest absolute Gasteiger partial charge is 0.382 e. The highest BCUT2D eigenvalue weighted by Crippen LogP contribution is 2.39. The van der Waals surface area contributed by atoms with E-state index in [2.05, 4.69) is 5.32 Å². The first-order chi connectivity index (χ1) is 18.8. The Bertz CT molecular complexity index is 1210. The first-order valence-electron chi connectivity index (χ1n) is 12.8. The van der Waals surface area contributed by atoms with E-state index in [0.717, 1.165) is 18.2 Å². The SMILES string of the molecule is O=C(CO[C@H]1CC[C@H](Nc2ccc([N+](=O)[O-])c(C(F)(F)F)c2)CC1)N1CCN(c2ccccc2C(F)(F)F)CC1. The molecule has 1 aliphatic carbocycles. The van der Waals surface area contributed by atoms with Gasteiger partial charge in [-0.15, -0.1) is 0 Å². The van der Waals surface area contributed by atoms with Crippen molar-refractivity contribution in [3.63, 3.8) is 0 Å². The number of nitro groups is 1. The van der Waals surface area contributed by atoms with Gasteiger partial charge in [-0.25, -0.2) is 0 Å². The summed E-state index contributed by atoms with van der Waals surface area (Å²) in [7, 11) is 0. The van der Waals surface area contributed by atoms with E-state index in [1.54, 1.807) is 15.9 Å². The van der Waals surface area contributed by atoms with Crippen molar-refractivity contribution >= 4 is 23.0 Å². The van der Waals surface area contributed by atoms with E-state index in [1.165, 1.54) is 18.2 Å². The lowest BCUT2D eigenvalue weighted by molar-refractivity contribution is -0.388. The maximum Gasteiger partial charge on any atom is 0.423 e. The van der Waals surface area contributed by atoms with Gasteiger partial charge in [0, 0.05) is 49.7 Å². The number of carbonyl (C=O) groups is 1. The number of amides is 1. The Morgan fingerprint density at radius 3 is 2.15 bits per heavy atom. The van der Waals surface area contributed by atoms with Crippen molar-refractivity contribution in [2.45, 2.75) is 50.2 Å².